The normalized spacial score (nSPS) is 10.6. The van der Waals surface area contributed by atoms with Crippen LogP contribution >= 0.6 is 39.1 Å². The van der Waals surface area contributed by atoms with Crippen LogP contribution in [0.2, 0.25) is 10.0 Å². The Balaban J connectivity index is 1.66. The van der Waals surface area contributed by atoms with Gasteiger partial charge in [0.15, 0.2) is 5.75 Å². The molecule has 0 spiro atoms. The molecule has 26 heavy (non-hydrogen) atoms. The summed E-state index contributed by atoms with van der Waals surface area (Å²) >= 11 is 16.0. The fraction of sp³-hybridized carbons (Fsp3) is 0.100. The van der Waals surface area contributed by atoms with Crippen LogP contribution in [-0.2, 0) is 13.2 Å². The van der Waals surface area contributed by atoms with Crippen molar-refractivity contribution in [1.82, 2.24) is 0 Å². The van der Waals surface area contributed by atoms with Crippen molar-refractivity contribution in [3.8, 4) is 5.75 Å². The minimum atomic E-state index is -0.308. The minimum absolute atomic E-state index is 0.188. The third kappa shape index (κ3) is 5.13. The van der Waals surface area contributed by atoms with E-state index < -0.39 is 0 Å². The summed E-state index contributed by atoms with van der Waals surface area (Å²) in [5.41, 5.74) is 2.63. The van der Waals surface area contributed by atoms with Gasteiger partial charge in [0.25, 0.3) is 0 Å². The van der Waals surface area contributed by atoms with Crippen molar-refractivity contribution >= 4 is 44.8 Å². The SMILES string of the molecule is Fc1cccc(COc2c(Cl)cc(CNc3ccc(Br)cc3)cc2Cl)c1. The first kappa shape index (κ1) is 19.0. The van der Waals surface area contributed by atoms with E-state index in [1.807, 2.05) is 24.3 Å². The second kappa shape index (κ2) is 8.76. The van der Waals surface area contributed by atoms with Gasteiger partial charge in [-0.05, 0) is 59.7 Å². The lowest BCUT2D eigenvalue weighted by Crippen LogP contribution is -2.01. The maximum absolute atomic E-state index is 13.2. The molecule has 3 aromatic rings. The molecule has 0 aliphatic heterocycles. The molecule has 0 aliphatic carbocycles. The molecule has 134 valence electrons. The van der Waals surface area contributed by atoms with Gasteiger partial charge in [-0.2, -0.15) is 0 Å². The number of rotatable bonds is 6. The zero-order valence-electron chi connectivity index (χ0n) is 13.6. The molecule has 0 saturated heterocycles. The largest absolute Gasteiger partial charge is 0.486 e. The van der Waals surface area contributed by atoms with Gasteiger partial charge >= 0.3 is 0 Å². The van der Waals surface area contributed by atoms with E-state index in [-0.39, 0.29) is 12.4 Å². The third-order valence-corrected chi connectivity index (χ3v) is 4.76. The monoisotopic (exact) mass is 453 g/mol. The maximum atomic E-state index is 13.2. The third-order valence-electron chi connectivity index (χ3n) is 3.67. The molecule has 0 fully saturated rings. The Labute approximate surface area is 170 Å². The average Bonchev–Trinajstić information content (AvgIpc) is 2.60. The van der Waals surface area contributed by atoms with Gasteiger partial charge in [0, 0.05) is 16.7 Å². The van der Waals surface area contributed by atoms with Crippen LogP contribution < -0.4 is 10.1 Å². The van der Waals surface area contributed by atoms with Crippen molar-refractivity contribution in [2.75, 3.05) is 5.32 Å². The molecule has 0 heterocycles. The van der Waals surface area contributed by atoms with E-state index in [4.69, 9.17) is 27.9 Å². The molecule has 6 heteroatoms. The summed E-state index contributed by atoms with van der Waals surface area (Å²) in [6.07, 6.45) is 0. The van der Waals surface area contributed by atoms with E-state index >= 15 is 0 Å². The summed E-state index contributed by atoms with van der Waals surface area (Å²) in [6, 6.07) is 17.7. The van der Waals surface area contributed by atoms with Crippen LogP contribution in [0.5, 0.6) is 5.75 Å². The number of halogens is 4. The quantitative estimate of drug-likeness (QED) is 0.429. The van der Waals surface area contributed by atoms with Crippen LogP contribution in [0.15, 0.2) is 65.1 Å². The lowest BCUT2D eigenvalue weighted by Gasteiger charge is -2.13. The summed E-state index contributed by atoms with van der Waals surface area (Å²) < 4.78 is 19.9. The molecule has 0 amide bonds. The predicted octanol–water partition coefficient (Wildman–Crippen LogP) is 7.09. The van der Waals surface area contributed by atoms with Gasteiger partial charge in [0.2, 0.25) is 0 Å². The fourth-order valence-corrected chi connectivity index (χ4v) is 3.31. The summed E-state index contributed by atoms with van der Waals surface area (Å²) in [6.45, 7) is 0.763. The average molecular weight is 455 g/mol. The van der Waals surface area contributed by atoms with E-state index in [1.54, 1.807) is 24.3 Å². The van der Waals surface area contributed by atoms with Gasteiger partial charge in [0.1, 0.15) is 12.4 Å². The first-order valence-corrected chi connectivity index (χ1v) is 9.41. The van der Waals surface area contributed by atoms with Crippen molar-refractivity contribution < 1.29 is 9.13 Å². The smallest absolute Gasteiger partial charge is 0.156 e. The zero-order chi connectivity index (χ0) is 18.5. The van der Waals surface area contributed by atoms with Crippen LogP contribution in [0.1, 0.15) is 11.1 Å². The Morgan fingerprint density at radius 3 is 2.27 bits per heavy atom. The highest BCUT2D eigenvalue weighted by Crippen LogP contribution is 2.35. The predicted molar refractivity (Wildman–Crippen MR) is 109 cm³/mol. The van der Waals surface area contributed by atoms with E-state index in [0.29, 0.717) is 27.9 Å². The molecule has 0 aliphatic rings. The van der Waals surface area contributed by atoms with E-state index in [2.05, 4.69) is 21.2 Å². The van der Waals surface area contributed by atoms with E-state index in [9.17, 15) is 4.39 Å². The highest BCUT2D eigenvalue weighted by atomic mass is 79.9. The fourth-order valence-electron chi connectivity index (χ4n) is 2.41. The molecular formula is C20H15BrCl2FNO. The first-order valence-electron chi connectivity index (χ1n) is 7.86. The number of hydrogen-bond donors (Lipinski definition) is 1. The molecular weight excluding hydrogens is 440 g/mol. The minimum Gasteiger partial charge on any atom is -0.486 e. The Hall–Kier alpha value is -1.75. The van der Waals surface area contributed by atoms with E-state index in [1.165, 1.54) is 12.1 Å². The van der Waals surface area contributed by atoms with Gasteiger partial charge in [-0.1, -0.05) is 51.3 Å². The first-order chi connectivity index (χ1) is 12.5. The van der Waals surface area contributed by atoms with Gasteiger partial charge < -0.3 is 10.1 Å². The molecule has 3 aromatic carbocycles. The van der Waals surface area contributed by atoms with E-state index in [0.717, 1.165) is 15.7 Å². The Bertz CT molecular complexity index is 880. The van der Waals surface area contributed by atoms with Crippen molar-refractivity contribution in [3.63, 3.8) is 0 Å². The molecule has 0 radical (unpaired) electrons. The standard InChI is InChI=1S/C20H15BrCl2FNO/c21-15-4-6-17(7-5-15)25-11-14-9-18(22)20(19(23)10-14)26-12-13-2-1-3-16(24)8-13/h1-10,25H,11-12H2. The summed E-state index contributed by atoms with van der Waals surface area (Å²) in [4.78, 5) is 0. The molecule has 1 N–H and O–H groups in total. The molecule has 3 rings (SSSR count). The molecule has 0 saturated carbocycles. The second-order valence-electron chi connectivity index (χ2n) is 5.67. The lowest BCUT2D eigenvalue weighted by atomic mass is 10.2. The number of hydrogen-bond acceptors (Lipinski definition) is 2. The van der Waals surface area contributed by atoms with Gasteiger partial charge in [-0.15, -0.1) is 0 Å². The van der Waals surface area contributed by atoms with Crippen molar-refractivity contribution in [1.29, 1.82) is 0 Å². The molecule has 0 unspecified atom stereocenters. The lowest BCUT2D eigenvalue weighted by molar-refractivity contribution is 0.306. The summed E-state index contributed by atoms with van der Waals surface area (Å²) in [5, 5.41) is 4.14. The summed E-state index contributed by atoms with van der Waals surface area (Å²) in [5.74, 6) is 0.0858. The number of nitrogens with one attached hydrogen (secondary N) is 1. The molecule has 0 aromatic heterocycles. The Morgan fingerprint density at radius 1 is 0.923 bits per heavy atom. The van der Waals surface area contributed by atoms with Gasteiger partial charge in [-0.25, -0.2) is 4.39 Å². The second-order valence-corrected chi connectivity index (χ2v) is 7.40. The summed E-state index contributed by atoms with van der Waals surface area (Å²) in [7, 11) is 0. The Morgan fingerprint density at radius 2 is 1.62 bits per heavy atom. The number of ether oxygens (including phenoxy) is 1. The Kier molecular flexibility index (Phi) is 6.41. The highest BCUT2D eigenvalue weighted by molar-refractivity contribution is 9.10. The van der Waals surface area contributed by atoms with Crippen molar-refractivity contribution in [2.45, 2.75) is 13.2 Å². The molecule has 0 bridgehead atoms. The maximum Gasteiger partial charge on any atom is 0.156 e. The molecule has 0 atom stereocenters. The van der Waals surface area contributed by atoms with Gasteiger partial charge in [-0.3, -0.25) is 0 Å². The van der Waals surface area contributed by atoms with Gasteiger partial charge in [0.05, 0.1) is 10.0 Å². The number of anilines is 1. The topological polar surface area (TPSA) is 21.3 Å². The van der Waals surface area contributed by atoms with Crippen LogP contribution in [0.25, 0.3) is 0 Å². The van der Waals surface area contributed by atoms with Crippen LogP contribution in [0, 0.1) is 5.82 Å². The zero-order valence-corrected chi connectivity index (χ0v) is 16.7. The molecule has 2 nitrogen and oxygen atoms in total. The van der Waals surface area contributed by atoms with Crippen molar-refractivity contribution in [2.24, 2.45) is 0 Å². The van der Waals surface area contributed by atoms with Crippen LogP contribution in [0.3, 0.4) is 0 Å². The van der Waals surface area contributed by atoms with Crippen LogP contribution in [0.4, 0.5) is 10.1 Å². The highest BCUT2D eigenvalue weighted by Gasteiger charge is 2.10. The van der Waals surface area contributed by atoms with Crippen LogP contribution in [-0.4, -0.2) is 0 Å². The van der Waals surface area contributed by atoms with Crippen molar-refractivity contribution in [3.05, 3.63) is 92.1 Å². The number of benzene rings is 3.